The summed E-state index contributed by atoms with van der Waals surface area (Å²) in [5.41, 5.74) is -1.59. The van der Waals surface area contributed by atoms with Crippen LogP contribution in [0.15, 0.2) is 41.3 Å². The Hall–Kier alpha value is -2.37. The maximum absolute atomic E-state index is 12.9. The molecule has 6 heteroatoms. The van der Waals surface area contributed by atoms with Crippen molar-refractivity contribution in [2.24, 2.45) is 0 Å². The Balaban J connectivity index is 2.73. The topological polar surface area (TPSA) is 49.9 Å². The molecule has 0 aliphatic rings. The van der Waals surface area contributed by atoms with Crippen molar-refractivity contribution in [1.29, 1.82) is 0 Å². The summed E-state index contributed by atoms with van der Waals surface area (Å²) in [5, 5.41) is 0. The number of pyridine rings is 1. The van der Waals surface area contributed by atoms with Crippen molar-refractivity contribution < 1.29 is 18.0 Å². The summed E-state index contributed by atoms with van der Waals surface area (Å²) >= 11 is 0. The number of carbonyl (C=O) groups is 1. The minimum atomic E-state index is -4.53. The first kappa shape index (κ1) is 13.1. The molecule has 1 aromatic carbocycles. The van der Waals surface area contributed by atoms with E-state index in [1.807, 2.05) is 0 Å². The van der Waals surface area contributed by atoms with Crippen LogP contribution in [0.2, 0.25) is 0 Å². The molecule has 0 saturated heterocycles. The minimum absolute atomic E-state index is 0.0440. The van der Waals surface area contributed by atoms with Gasteiger partial charge >= 0.3 is 6.18 Å². The van der Waals surface area contributed by atoms with Crippen molar-refractivity contribution in [3.63, 3.8) is 0 Å². The van der Waals surface area contributed by atoms with E-state index in [0.717, 1.165) is 18.3 Å². The smallest absolute Gasteiger partial charge is 0.328 e. The number of aromatic nitrogens is 1. The molecule has 2 rings (SSSR count). The predicted octanol–water partition coefficient (Wildman–Crippen LogP) is 2.87. The van der Waals surface area contributed by atoms with Gasteiger partial charge in [-0.1, -0.05) is 18.2 Å². The third-order valence-corrected chi connectivity index (χ3v) is 2.61. The summed E-state index contributed by atoms with van der Waals surface area (Å²) in [6, 6.07) is 5.84. The van der Waals surface area contributed by atoms with Gasteiger partial charge in [0.25, 0.3) is 0 Å². The van der Waals surface area contributed by atoms with Gasteiger partial charge in [0.15, 0.2) is 6.29 Å². The number of H-pyrrole nitrogens is 1. The summed E-state index contributed by atoms with van der Waals surface area (Å²) in [4.78, 5) is 24.2. The Morgan fingerprint density at radius 2 is 1.79 bits per heavy atom. The maximum atomic E-state index is 12.9. The Morgan fingerprint density at radius 1 is 1.11 bits per heavy atom. The second-order valence-electron chi connectivity index (χ2n) is 3.83. The van der Waals surface area contributed by atoms with E-state index in [0.29, 0.717) is 6.29 Å². The van der Waals surface area contributed by atoms with Crippen LogP contribution in [-0.2, 0) is 6.18 Å². The van der Waals surface area contributed by atoms with E-state index in [-0.39, 0.29) is 16.7 Å². The van der Waals surface area contributed by atoms with Gasteiger partial charge in [0.2, 0.25) is 5.56 Å². The van der Waals surface area contributed by atoms with Crippen molar-refractivity contribution in [3.8, 4) is 11.1 Å². The lowest BCUT2D eigenvalue weighted by Crippen LogP contribution is -2.10. The highest BCUT2D eigenvalue weighted by molar-refractivity contribution is 5.88. The van der Waals surface area contributed by atoms with E-state index in [4.69, 9.17) is 0 Å². The van der Waals surface area contributed by atoms with Crippen LogP contribution in [0.4, 0.5) is 13.2 Å². The molecule has 1 N–H and O–H groups in total. The molecule has 0 atom stereocenters. The van der Waals surface area contributed by atoms with Gasteiger partial charge in [-0.25, -0.2) is 0 Å². The average molecular weight is 267 g/mol. The number of alkyl halides is 3. The van der Waals surface area contributed by atoms with E-state index >= 15 is 0 Å². The van der Waals surface area contributed by atoms with Crippen LogP contribution in [0.25, 0.3) is 11.1 Å². The van der Waals surface area contributed by atoms with Gasteiger partial charge in [-0.05, 0) is 11.6 Å². The van der Waals surface area contributed by atoms with Gasteiger partial charge in [0.05, 0.1) is 5.56 Å². The predicted molar refractivity (Wildman–Crippen MR) is 62.9 cm³/mol. The van der Waals surface area contributed by atoms with Crippen molar-refractivity contribution in [2.75, 3.05) is 0 Å². The van der Waals surface area contributed by atoms with Crippen molar-refractivity contribution in [2.45, 2.75) is 6.18 Å². The molecular weight excluding hydrogens is 259 g/mol. The normalized spacial score (nSPS) is 11.3. The molecule has 0 amide bonds. The zero-order valence-corrected chi connectivity index (χ0v) is 9.49. The minimum Gasteiger partial charge on any atom is -0.328 e. The first-order valence-corrected chi connectivity index (χ1v) is 5.28. The summed E-state index contributed by atoms with van der Waals surface area (Å²) in [7, 11) is 0. The molecule has 19 heavy (non-hydrogen) atoms. The lowest BCUT2D eigenvalue weighted by atomic mass is 9.97. The number of aromatic amines is 1. The fraction of sp³-hybridized carbons (Fsp3) is 0.0769. The van der Waals surface area contributed by atoms with Gasteiger partial charge in [0, 0.05) is 23.4 Å². The number of benzene rings is 1. The maximum Gasteiger partial charge on any atom is 0.417 e. The number of carbonyl (C=O) groups excluding carboxylic acids is 1. The van der Waals surface area contributed by atoms with Crippen LogP contribution in [0.3, 0.4) is 0 Å². The van der Waals surface area contributed by atoms with E-state index < -0.39 is 17.3 Å². The second kappa shape index (κ2) is 4.72. The molecule has 3 nitrogen and oxygen atoms in total. The Morgan fingerprint density at radius 3 is 2.42 bits per heavy atom. The molecule has 0 saturated carbocycles. The molecule has 98 valence electrons. The number of hydrogen-bond acceptors (Lipinski definition) is 2. The standard InChI is InChI=1S/C13H8F3NO2/c14-13(15,16)11-4-2-1-3-9(11)10-6-17-12(19)5-8(10)7-18/h1-7H,(H,17,19). The van der Waals surface area contributed by atoms with Crippen molar-refractivity contribution in [1.82, 2.24) is 4.98 Å². The second-order valence-corrected chi connectivity index (χ2v) is 3.83. The molecule has 0 unspecified atom stereocenters. The van der Waals surface area contributed by atoms with Gasteiger partial charge < -0.3 is 4.98 Å². The van der Waals surface area contributed by atoms with Crippen LogP contribution >= 0.6 is 0 Å². The molecular formula is C13H8F3NO2. The molecule has 2 aromatic rings. The fourth-order valence-electron chi connectivity index (χ4n) is 1.78. The molecule has 0 bridgehead atoms. The van der Waals surface area contributed by atoms with E-state index in [1.165, 1.54) is 18.2 Å². The van der Waals surface area contributed by atoms with Crippen molar-refractivity contribution >= 4 is 6.29 Å². The SMILES string of the molecule is O=Cc1cc(=O)[nH]cc1-c1ccccc1C(F)(F)F. The van der Waals surface area contributed by atoms with Gasteiger partial charge in [-0.15, -0.1) is 0 Å². The van der Waals surface area contributed by atoms with Crippen LogP contribution in [0.1, 0.15) is 15.9 Å². The van der Waals surface area contributed by atoms with Gasteiger partial charge in [0.1, 0.15) is 0 Å². The molecule has 1 aromatic heterocycles. The third-order valence-electron chi connectivity index (χ3n) is 2.61. The highest BCUT2D eigenvalue weighted by Gasteiger charge is 2.33. The summed E-state index contributed by atoms with van der Waals surface area (Å²) in [5.74, 6) is 0. The molecule has 1 heterocycles. The van der Waals surface area contributed by atoms with E-state index in [2.05, 4.69) is 4.98 Å². The van der Waals surface area contributed by atoms with Gasteiger partial charge in [-0.3, -0.25) is 9.59 Å². The summed E-state index contributed by atoms with van der Waals surface area (Å²) < 4.78 is 38.7. The molecule has 0 aliphatic heterocycles. The molecule has 0 aliphatic carbocycles. The first-order chi connectivity index (χ1) is 8.93. The first-order valence-electron chi connectivity index (χ1n) is 5.28. The average Bonchev–Trinajstić information content (AvgIpc) is 2.37. The molecule has 0 fully saturated rings. The highest BCUT2D eigenvalue weighted by Crippen LogP contribution is 2.37. The number of rotatable bonds is 2. The quantitative estimate of drug-likeness (QED) is 0.850. The zero-order chi connectivity index (χ0) is 14.0. The van der Waals surface area contributed by atoms with Crippen LogP contribution < -0.4 is 5.56 Å². The monoisotopic (exact) mass is 267 g/mol. The van der Waals surface area contributed by atoms with Crippen LogP contribution in [0.5, 0.6) is 0 Å². The lowest BCUT2D eigenvalue weighted by Gasteiger charge is -2.13. The van der Waals surface area contributed by atoms with E-state index in [1.54, 1.807) is 0 Å². The third kappa shape index (κ3) is 2.57. The van der Waals surface area contributed by atoms with Crippen LogP contribution in [0, 0.1) is 0 Å². The number of aldehydes is 1. The number of hydrogen-bond donors (Lipinski definition) is 1. The number of halogens is 3. The van der Waals surface area contributed by atoms with E-state index in [9.17, 15) is 22.8 Å². The van der Waals surface area contributed by atoms with Crippen molar-refractivity contribution in [3.05, 3.63) is 58.0 Å². The number of nitrogens with one attached hydrogen (secondary N) is 1. The van der Waals surface area contributed by atoms with Gasteiger partial charge in [-0.2, -0.15) is 13.2 Å². The highest BCUT2D eigenvalue weighted by atomic mass is 19.4. The Kier molecular flexibility index (Phi) is 3.25. The summed E-state index contributed by atoms with van der Waals surface area (Å²) in [6.07, 6.45) is -3.07. The molecule has 0 radical (unpaired) electrons. The molecule has 0 spiro atoms. The Labute approximate surface area is 105 Å². The largest absolute Gasteiger partial charge is 0.417 e. The zero-order valence-electron chi connectivity index (χ0n) is 9.49. The van der Waals surface area contributed by atoms with Crippen LogP contribution in [-0.4, -0.2) is 11.3 Å². The lowest BCUT2D eigenvalue weighted by molar-refractivity contribution is -0.137. The Bertz CT molecular complexity index is 674. The summed E-state index contributed by atoms with van der Waals surface area (Å²) in [6.45, 7) is 0. The fourth-order valence-corrected chi connectivity index (χ4v) is 1.78.